The number of benzene rings is 2. The van der Waals surface area contributed by atoms with E-state index >= 15 is 0 Å². The number of nitrogens with zero attached hydrogens (tertiary/aromatic N) is 1. The number of hydrogen-bond acceptors (Lipinski definition) is 6. The average molecular weight is 430 g/mol. The summed E-state index contributed by atoms with van der Waals surface area (Å²) < 4.78 is 78.4. The highest BCUT2D eigenvalue weighted by molar-refractivity contribution is 7.91. The van der Waals surface area contributed by atoms with Crippen molar-refractivity contribution < 1.29 is 30.4 Å². The number of aromatic amines is 1. The van der Waals surface area contributed by atoms with Crippen molar-refractivity contribution >= 4 is 30.6 Å². The van der Waals surface area contributed by atoms with Gasteiger partial charge in [-0.05, 0) is 36.2 Å². The Labute approximate surface area is 160 Å². The fourth-order valence-electron chi connectivity index (χ4n) is 3.05. The van der Waals surface area contributed by atoms with Crippen LogP contribution in [0.15, 0.2) is 40.1 Å². The van der Waals surface area contributed by atoms with E-state index in [1.807, 2.05) is 0 Å². The summed E-state index contributed by atoms with van der Waals surface area (Å²) in [5.41, 5.74) is 1.11. The van der Waals surface area contributed by atoms with Crippen LogP contribution >= 0.6 is 0 Å². The van der Waals surface area contributed by atoms with Gasteiger partial charge in [0, 0.05) is 18.1 Å². The van der Waals surface area contributed by atoms with Crippen LogP contribution in [-0.4, -0.2) is 46.2 Å². The number of aryl methyl sites for hydroxylation is 1. The molecule has 1 N–H and O–H groups in total. The minimum absolute atomic E-state index is 0.0646. The van der Waals surface area contributed by atoms with Crippen molar-refractivity contribution in [3.8, 4) is 17.0 Å². The lowest BCUT2D eigenvalue weighted by Gasteiger charge is -2.13. The lowest BCUT2D eigenvalue weighted by Crippen LogP contribution is -2.05. The number of fused-ring (bicyclic) bond motifs is 1. The minimum atomic E-state index is -3.75. The summed E-state index contributed by atoms with van der Waals surface area (Å²) in [4.78, 5) is -0.0346. The second-order valence-corrected chi connectivity index (χ2v) is 10.3. The van der Waals surface area contributed by atoms with E-state index in [1.54, 1.807) is 6.92 Å². The molecule has 7 nitrogen and oxygen atoms in total. The number of H-pyrrole nitrogens is 1. The van der Waals surface area contributed by atoms with E-state index in [-0.39, 0.29) is 20.7 Å². The van der Waals surface area contributed by atoms with E-state index in [4.69, 9.17) is 0 Å². The van der Waals surface area contributed by atoms with E-state index in [9.17, 15) is 25.6 Å². The van der Waals surface area contributed by atoms with Gasteiger partial charge in [0.25, 0.3) is 0 Å². The zero-order valence-electron chi connectivity index (χ0n) is 15.0. The molecule has 0 fully saturated rings. The zero-order valence-corrected chi connectivity index (χ0v) is 16.7. The van der Waals surface area contributed by atoms with Crippen molar-refractivity contribution in [3.63, 3.8) is 0 Å². The number of hydrogen-bond donors (Lipinski definition) is 1. The van der Waals surface area contributed by atoms with E-state index in [1.165, 1.54) is 30.3 Å². The molecule has 28 heavy (non-hydrogen) atoms. The van der Waals surface area contributed by atoms with Crippen LogP contribution in [0.25, 0.3) is 22.0 Å². The monoisotopic (exact) mass is 430 g/mol. The lowest BCUT2D eigenvalue weighted by atomic mass is 10.00. The van der Waals surface area contributed by atoms with Crippen LogP contribution in [0.2, 0.25) is 0 Å². The predicted molar refractivity (Wildman–Crippen MR) is 99.1 cm³/mol. The average Bonchev–Trinajstić information content (AvgIpc) is 2.94. The first-order chi connectivity index (χ1) is 12.9. The molecule has 11 heteroatoms. The zero-order chi connectivity index (χ0) is 20.9. The molecule has 0 aliphatic carbocycles. The minimum Gasteiger partial charge on any atom is -0.415 e. The molecular weight excluding hydrogens is 414 g/mol. The second kappa shape index (κ2) is 6.82. The van der Waals surface area contributed by atoms with Crippen molar-refractivity contribution in [2.24, 2.45) is 0 Å². The van der Waals surface area contributed by atoms with Gasteiger partial charge < -0.3 is 4.74 Å². The predicted octanol–water partition coefficient (Wildman–Crippen LogP) is 2.95. The molecule has 0 radical (unpaired) electrons. The smallest absolute Gasteiger partial charge is 0.388 e. The summed E-state index contributed by atoms with van der Waals surface area (Å²) in [5.74, 6) is -0.449. The number of ether oxygens (including phenoxy) is 1. The Bertz CT molecular complexity index is 1280. The summed E-state index contributed by atoms with van der Waals surface area (Å²) in [5, 5.41) is 6.30. The molecule has 0 bridgehead atoms. The molecule has 3 rings (SSSR count). The van der Waals surface area contributed by atoms with Gasteiger partial charge in [0.15, 0.2) is 19.7 Å². The van der Waals surface area contributed by atoms with Gasteiger partial charge in [-0.15, -0.1) is 5.10 Å². The molecule has 0 saturated carbocycles. The van der Waals surface area contributed by atoms with Gasteiger partial charge in [0.05, 0.1) is 20.7 Å². The maximum Gasteiger partial charge on any atom is 0.388 e. The normalized spacial score (nSPS) is 12.6. The third-order valence-corrected chi connectivity index (χ3v) is 6.52. The largest absolute Gasteiger partial charge is 0.415 e. The van der Waals surface area contributed by atoms with Crippen LogP contribution in [-0.2, 0) is 19.7 Å². The van der Waals surface area contributed by atoms with Gasteiger partial charge in [-0.2, -0.15) is 8.78 Å². The summed E-state index contributed by atoms with van der Waals surface area (Å²) in [7, 11) is -7.24. The number of sulfone groups is 2. The van der Waals surface area contributed by atoms with Crippen LogP contribution in [0.3, 0.4) is 0 Å². The highest BCUT2D eigenvalue weighted by Gasteiger charge is 2.24. The Kier molecular flexibility index (Phi) is 4.92. The quantitative estimate of drug-likeness (QED) is 0.667. The third-order valence-electron chi connectivity index (χ3n) is 4.12. The van der Waals surface area contributed by atoms with E-state index in [0.29, 0.717) is 16.6 Å². The highest BCUT2D eigenvalue weighted by Crippen LogP contribution is 2.40. The molecule has 0 unspecified atom stereocenters. The Hall–Kier alpha value is -2.53. The molecule has 0 saturated heterocycles. The first kappa shape index (κ1) is 20.2. The van der Waals surface area contributed by atoms with Gasteiger partial charge in [0.1, 0.15) is 0 Å². The van der Waals surface area contributed by atoms with Crippen LogP contribution in [0.4, 0.5) is 8.78 Å². The molecule has 0 amide bonds. The second-order valence-electron chi connectivity index (χ2n) is 6.29. The molecule has 3 aromatic rings. The van der Waals surface area contributed by atoms with Crippen LogP contribution in [0.5, 0.6) is 5.88 Å². The topological polar surface area (TPSA) is 106 Å². The van der Waals surface area contributed by atoms with Gasteiger partial charge in [0.2, 0.25) is 5.88 Å². The van der Waals surface area contributed by atoms with E-state index in [2.05, 4.69) is 14.9 Å². The summed E-state index contributed by atoms with van der Waals surface area (Å²) >= 11 is 0. The number of alkyl halides is 2. The molecule has 0 aliphatic rings. The number of rotatable bonds is 5. The van der Waals surface area contributed by atoms with Crippen LogP contribution in [0, 0.1) is 6.92 Å². The van der Waals surface area contributed by atoms with Crippen molar-refractivity contribution in [1.82, 2.24) is 10.2 Å². The maximum atomic E-state index is 12.8. The van der Waals surface area contributed by atoms with Crippen molar-refractivity contribution in [2.75, 3.05) is 12.5 Å². The molecule has 0 atom stereocenters. The van der Waals surface area contributed by atoms with Gasteiger partial charge in [-0.25, -0.2) is 16.8 Å². The van der Waals surface area contributed by atoms with Crippen LogP contribution in [0.1, 0.15) is 5.56 Å². The fourth-order valence-corrected chi connectivity index (χ4v) is 4.92. The molecule has 0 spiro atoms. The van der Waals surface area contributed by atoms with E-state index < -0.39 is 32.2 Å². The first-order valence-electron chi connectivity index (χ1n) is 7.86. The molecule has 150 valence electrons. The van der Waals surface area contributed by atoms with Crippen molar-refractivity contribution in [2.45, 2.75) is 23.3 Å². The summed E-state index contributed by atoms with van der Waals surface area (Å²) in [6.45, 7) is -1.60. The molecular formula is C17H16F2N2O5S2. The van der Waals surface area contributed by atoms with Gasteiger partial charge in [-0.3, -0.25) is 5.10 Å². The van der Waals surface area contributed by atoms with Crippen molar-refractivity contribution in [3.05, 3.63) is 35.9 Å². The number of aromatic nitrogens is 2. The SMILES string of the molecule is Cc1cc(-c2c(S(C)(=O)=O)ccc3[nH]nc(OC(F)F)c23)ccc1S(C)(=O)=O. The van der Waals surface area contributed by atoms with Crippen LogP contribution < -0.4 is 4.74 Å². The Morgan fingerprint density at radius 3 is 2.14 bits per heavy atom. The Morgan fingerprint density at radius 2 is 1.61 bits per heavy atom. The highest BCUT2D eigenvalue weighted by atomic mass is 32.2. The lowest BCUT2D eigenvalue weighted by molar-refractivity contribution is -0.0518. The third kappa shape index (κ3) is 3.72. The summed E-state index contributed by atoms with van der Waals surface area (Å²) in [6.07, 6.45) is 2.05. The van der Waals surface area contributed by atoms with Gasteiger partial charge >= 0.3 is 6.61 Å². The Balaban J connectivity index is 2.41. The van der Waals surface area contributed by atoms with Gasteiger partial charge in [-0.1, -0.05) is 12.1 Å². The molecule has 1 aromatic heterocycles. The first-order valence-corrected chi connectivity index (χ1v) is 11.6. The Morgan fingerprint density at radius 1 is 1.00 bits per heavy atom. The summed E-state index contributed by atoms with van der Waals surface area (Å²) in [6, 6.07) is 6.99. The number of nitrogens with one attached hydrogen (secondary N) is 1. The molecule has 2 aromatic carbocycles. The van der Waals surface area contributed by atoms with E-state index in [0.717, 1.165) is 12.5 Å². The van der Waals surface area contributed by atoms with Crippen molar-refractivity contribution in [1.29, 1.82) is 0 Å². The standard InChI is InChI=1S/C17H16F2N2O5S2/c1-9-8-10(4-6-12(9)27(2,22)23)14-13(28(3,24)25)7-5-11-15(14)16(21-20-11)26-17(18)19/h4-8,17H,1-3H3,(H,20,21). The molecule has 0 aliphatic heterocycles. The molecule has 1 heterocycles. The fraction of sp³-hybridized carbons (Fsp3) is 0.235. The number of halogens is 2. The maximum absolute atomic E-state index is 12.8.